The van der Waals surface area contributed by atoms with Gasteiger partial charge in [-0.05, 0) is 61.1 Å². The average molecular weight is 539 g/mol. The van der Waals surface area contributed by atoms with E-state index in [9.17, 15) is 18.0 Å². The molecule has 1 spiro atoms. The highest BCUT2D eigenvalue weighted by molar-refractivity contribution is 5.96. The predicted molar refractivity (Wildman–Crippen MR) is 143 cm³/mol. The maximum Gasteiger partial charge on any atom is 0.242 e. The van der Waals surface area contributed by atoms with Crippen molar-refractivity contribution < 1.29 is 22.7 Å². The second-order valence-corrected chi connectivity index (χ2v) is 10.5. The van der Waals surface area contributed by atoms with Crippen molar-refractivity contribution in [3.63, 3.8) is 0 Å². The molecular weight excluding hydrogens is 505 g/mol. The van der Waals surface area contributed by atoms with Crippen LogP contribution in [0.25, 0.3) is 0 Å². The third-order valence-electron chi connectivity index (χ3n) is 7.85. The van der Waals surface area contributed by atoms with Gasteiger partial charge in [-0.1, -0.05) is 37.1 Å². The number of carbonyl (C=O) groups is 1. The Morgan fingerprint density at radius 3 is 2.26 bits per heavy atom. The number of amides is 1. The van der Waals surface area contributed by atoms with Gasteiger partial charge >= 0.3 is 0 Å². The highest BCUT2D eigenvalue weighted by Gasteiger charge is 2.39. The highest BCUT2D eigenvalue weighted by atomic mass is 19.1. The maximum absolute atomic E-state index is 14.9. The number of aromatic nitrogens is 1. The molecule has 5 rings (SSSR count). The van der Waals surface area contributed by atoms with Crippen LogP contribution in [-0.2, 0) is 16.0 Å². The molecule has 0 bridgehead atoms. The molecule has 4 N–H and O–H groups in total. The van der Waals surface area contributed by atoms with Gasteiger partial charge in [0.1, 0.15) is 17.5 Å². The van der Waals surface area contributed by atoms with Gasteiger partial charge in [-0.2, -0.15) is 0 Å². The standard InChI is InChI=1S/C30H33F3N4O2/c31-21-7-3-19(4-8-21)27(20-5-9-22(32)10-6-20)28(34)29(38)37-26-17-35-16-25(33)24(26)12-11-23-15-36-18-30(39-23)13-1-2-14-30/h3-10,16-17,23,27-28,36H,1-2,11-15,18,34H2,(H,37,38)/t23-,28+/m1/s1. The molecule has 1 amide bonds. The molecule has 6 nitrogen and oxygen atoms in total. The van der Waals surface area contributed by atoms with E-state index in [1.165, 1.54) is 30.5 Å². The Morgan fingerprint density at radius 1 is 1.03 bits per heavy atom. The first-order valence-electron chi connectivity index (χ1n) is 13.4. The molecule has 2 atom stereocenters. The number of carbonyl (C=O) groups excluding carboxylic acids is 1. The molecule has 206 valence electrons. The Morgan fingerprint density at radius 2 is 1.64 bits per heavy atom. The first-order chi connectivity index (χ1) is 18.8. The van der Waals surface area contributed by atoms with Gasteiger partial charge in [-0.25, -0.2) is 13.2 Å². The summed E-state index contributed by atoms with van der Waals surface area (Å²) in [4.78, 5) is 17.3. The van der Waals surface area contributed by atoms with Crippen LogP contribution in [0.4, 0.5) is 18.9 Å². The summed E-state index contributed by atoms with van der Waals surface area (Å²) in [5, 5.41) is 6.23. The molecule has 1 saturated heterocycles. The van der Waals surface area contributed by atoms with Crippen molar-refractivity contribution >= 4 is 11.6 Å². The lowest BCUT2D eigenvalue weighted by atomic mass is 9.85. The van der Waals surface area contributed by atoms with Crippen molar-refractivity contribution in [3.8, 4) is 0 Å². The fourth-order valence-electron chi connectivity index (χ4n) is 5.82. The summed E-state index contributed by atoms with van der Waals surface area (Å²) in [5.74, 6) is -2.64. The quantitative estimate of drug-likeness (QED) is 0.382. The van der Waals surface area contributed by atoms with Crippen LogP contribution in [0.2, 0.25) is 0 Å². The van der Waals surface area contributed by atoms with Crippen LogP contribution in [0.1, 0.15) is 54.7 Å². The number of hydrogen-bond donors (Lipinski definition) is 3. The van der Waals surface area contributed by atoms with E-state index in [-0.39, 0.29) is 17.4 Å². The average Bonchev–Trinajstić information content (AvgIpc) is 3.37. The van der Waals surface area contributed by atoms with Crippen LogP contribution in [0.3, 0.4) is 0 Å². The fraction of sp³-hybridized carbons (Fsp3) is 0.400. The van der Waals surface area contributed by atoms with Gasteiger partial charge in [0.2, 0.25) is 5.91 Å². The van der Waals surface area contributed by atoms with Crippen molar-refractivity contribution in [2.24, 2.45) is 5.73 Å². The van der Waals surface area contributed by atoms with E-state index in [0.29, 0.717) is 36.1 Å². The second-order valence-electron chi connectivity index (χ2n) is 10.5. The van der Waals surface area contributed by atoms with Gasteiger partial charge in [0.15, 0.2) is 0 Å². The summed E-state index contributed by atoms with van der Waals surface area (Å²) in [5.41, 5.74) is 8.08. The normalized spacial score (nSPS) is 19.4. The van der Waals surface area contributed by atoms with Crippen LogP contribution in [0.15, 0.2) is 60.9 Å². The summed E-state index contributed by atoms with van der Waals surface area (Å²) in [6, 6.07) is 10.2. The van der Waals surface area contributed by atoms with E-state index in [1.807, 2.05) is 0 Å². The molecule has 0 unspecified atom stereocenters. The molecule has 1 saturated carbocycles. The monoisotopic (exact) mass is 538 g/mol. The van der Waals surface area contributed by atoms with E-state index in [1.54, 1.807) is 24.3 Å². The molecule has 1 aromatic heterocycles. The van der Waals surface area contributed by atoms with Gasteiger partial charge in [0.05, 0.1) is 35.8 Å². The number of nitrogens with two attached hydrogens (primary N) is 1. The topological polar surface area (TPSA) is 89.3 Å². The number of nitrogens with one attached hydrogen (secondary N) is 2. The number of ether oxygens (including phenoxy) is 1. The van der Waals surface area contributed by atoms with Gasteiger partial charge < -0.3 is 21.1 Å². The van der Waals surface area contributed by atoms with E-state index in [2.05, 4.69) is 15.6 Å². The van der Waals surface area contributed by atoms with E-state index in [0.717, 1.165) is 38.4 Å². The third-order valence-corrected chi connectivity index (χ3v) is 7.85. The van der Waals surface area contributed by atoms with Crippen LogP contribution < -0.4 is 16.4 Å². The molecule has 3 aromatic rings. The zero-order valence-electron chi connectivity index (χ0n) is 21.6. The molecular formula is C30H33F3N4O2. The number of morpholine rings is 1. The zero-order chi connectivity index (χ0) is 27.4. The fourth-order valence-corrected chi connectivity index (χ4v) is 5.82. The smallest absolute Gasteiger partial charge is 0.242 e. The number of hydrogen-bond acceptors (Lipinski definition) is 5. The highest BCUT2D eigenvalue weighted by Crippen LogP contribution is 2.36. The number of anilines is 1. The minimum absolute atomic E-state index is 0.0587. The van der Waals surface area contributed by atoms with Crippen molar-refractivity contribution in [2.45, 2.75) is 62.2 Å². The number of rotatable bonds is 8. The first kappa shape index (κ1) is 27.3. The van der Waals surface area contributed by atoms with Crippen molar-refractivity contribution in [2.75, 3.05) is 18.4 Å². The maximum atomic E-state index is 14.9. The van der Waals surface area contributed by atoms with E-state index < -0.39 is 35.3 Å². The minimum Gasteiger partial charge on any atom is -0.369 e. The molecule has 39 heavy (non-hydrogen) atoms. The van der Waals surface area contributed by atoms with Crippen molar-refractivity contribution in [3.05, 3.63) is 95.1 Å². The molecule has 1 aliphatic carbocycles. The third kappa shape index (κ3) is 6.32. The van der Waals surface area contributed by atoms with Crippen molar-refractivity contribution in [1.82, 2.24) is 10.3 Å². The Bertz CT molecular complexity index is 1230. The molecule has 2 aliphatic rings. The summed E-state index contributed by atoms with van der Waals surface area (Å²) >= 11 is 0. The van der Waals surface area contributed by atoms with Gasteiger partial charge in [-0.3, -0.25) is 9.78 Å². The summed E-state index contributed by atoms with van der Waals surface area (Å²) < 4.78 is 48.6. The van der Waals surface area contributed by atoms with Crippen LogP contribution in [0, 0.1) is 17.5 Å². The summed E-state index contributed by atoms with van der Waals surface area (Å²) in [7, 11) is 0. The number of halogens is 3. The van der Waals surface area contributed by atoms with E-state index in [4.69, 9.17) is 10.5 Å². The second kappa shape index (κ2) is 11.9. The Labute approximate surface area is 226 Å². The summed E-state index contributed by atoms with van der Waals surface area (Å²) in [6.07, 6.45) is 7.78. The van der Waals surface area contributed by atoms with Gasteiger partial charge in [-0.15, -0.1) is 0 Å². The van der Waals surface area contributed by atoms with Crippen LogP contribution in [0.5, 0.6) is 0 Å². The summed E-state index contributed by atoms with van der Waals surface area (Å²) in [6.45, 7) is 1.54. The Kier molecular flexibility index (Phi) is 8.30. The van der Waals surface area contributed by atoms with Crippen LogP contribution in [-0.4, -0.2) is 41.7 Å². The number of benzene rings is 2. The molecule has 0 radical (unpaired) electrons. The molecule has 2 heterocycles. The molecule has 9 heteroatoms. The number of nitrogens with zero attached hydrogens (tertiary/aromatic N) is 1. The Balaban J connectivity index is 1.33. The lowest BCUT2D eigenvalue weighted by Crippen LogP contribution is -2.52. The van der Waals surface area contributed by atoms with Crippen molar-refractivity contribution in [1.29, 1.82) is 0 Å². The zero-order valence-corrected chi connectivity index (χ0v) is 21.6. The van der Waals surface area contributed by atoms with Gasteiger partial charge in [0.25, 0.3) is 0 Å². The van der Waals surface area contributed by atoms with E-state index >= 15 is 0 Å². The predicted octanol–water partition coefficient (Wildman–Crippen LogP) is 4.83. The lowest BCUT2D eigenvalue weighted by Gasteiger charge is -2.39. The molecule has 1 aliphatic heterocycles. The van der Waals surface area contributed by atoms with Crippen LogP contribution >= 0.6 is 0 Å². The SMILES string of the molecule is N[C@H](C(=O)Nc1cncc(F)c1CC[C@@H]1CNCC2(CCCC2)O1)C(c1ccc(F)cc1)c1ccc(F)cc1. The number of pyridine rings is 1. The first-order valence-corrected chi connectivity index (χ1v) is 13.4. The lowest BCUT2D eigenvalue weighted by molar-refractivity contribution is -0.117. The minimum atomic E-state index is -1.13. The largest absolute Gasteiger partial charge is 0.369 e. The Hall–Kier alpha value is -3.27. The molecule has 2 aromatic carbocycles. The molecule has 2 fully saturated rings. The van der Waals surface area contributed by atoms with Gasteiger partial charge in [0, 0.05) is 24.6 Å².